The molecule has 0 spiro atoms. The van der Waals surface area contributed by atoms with Gasteiger partial charge in [-0.3, -0.25) is 4.79 Å². The Balaban J connectivity index is 1.90. The van der Waals surface area contributed by atoms with E-state index in [9.17, 15) is 9.18 Å². The molecule has 0 aliphatic heterocycles. The molecule has 2 aromatic carbocycles. The number of nitrogen functional groups attached to an aromatic ring is 1. The molecule has 0 saturated heterocycles. The van der Waals surface area contributed by atoms with Gasteiger partial charge in [0.15, 0.2) is 0 Å². The highest BCUT2D eigenvalue weighted by Crippen LogP contribution is 2.18. The summed E-state index contributed by atoms with van der Waals surface area (Å²) in [5, 5.41) is 2.79. The predicted molar refractivity (Wildman–Crippen MR) is 81.0 cm³/mol. The summed E-state index contributed by atoms with van der Waals surface area (Å²) in [7, 11) is 0. The fraction of sp³-hybridized carbons (Fsp3) is 0.133. The number of carbonyl (C=O) groups is 1. The highest BCUT2D eigenvalue weighted by Gasteiger charge is 2.09. The number of anilines is 1. The lowest BCUT2D eigenvalue weighted by atomic mass is 10.1. The number of hydrogen-bond donors (Lipinski definition) is 2. The minimum atomic E-state index is -0.263. The second-order valence-electron chi connectivity index (χ2n) is 4.36. The van der Waals surface area contributed by atoms with Gasteiger partial charge in [-0.15, -0.1) is 0 Å². The highest BCUT2D eigenvalue weighted by atomic mass is 79.9. The molecule has 104 valence electrons. The smallest absolute Gasteiger partial charge is 0.253 e. The second-order valence-corrected chi connectivity index (χ2v) is 5.28. The molecule has 2 aromatic rings. The van der Waals surface area contributed by atoms with E-state index in [1.165, 1.54) is 12.1 Å². The Kier molecular flexibility index (Phi) is 4.74. The van der Waals surface area contributed by atoms with Gasteiger partial charge in [0, 0.05) is 16.7 Å². The first kappa shape index (κ1) is 14.5. The second kappa shape index (κ2) is 6.52. The molecule has 0 unspecified atom stereocenters. The molecule has 2 rings (SSSR count). The largest absolute Gasteiger partial charge is 0.398 e. The van der Waals surface area contributed by atoms with Gasteiger partial charge >= 0.3 is 0 Å². The standard InChI is InChI=1S/C15H14BrFN2O/c16-11-3-6-13(14(18)9-11)15(20)19-8-7-10-1-4-12(17)5-2-10/h1-6,9H,7-8,18H2,(H,19,20). The van der Waals surface area contributed by atoms with E-state index in [1.807, 2.05) is 0 Å². The quantitative estimate of drug-likeness (QED) is 0.842. The molecular weight excluding hydrogens is 323 g/mol. The average molecular weight is 337 g/mol. The van der Waals surface area contributed by atoms with Gasteiger partial charge in [-0.1, -0.05) is 28.1 Å². The zero-order chi connectivity index (χ0) is 14.5. The molecule has 0 radical (unpaired) electrons. The van der Waals surface area contributed by atoms with Gasteiger partial charge in [0.05, 0.1) is 5.56 Å². The van der Waals surface area contributed by atoms with Crippen molar-refractivity contribution in [2.75, 3.05) is 12.3 Å². The van der Waals surface area contributed by atoms with Crippen molar-refractivity contribution < 1.29 is 9.18 Å². The maximum absolute atomic E-state index is 12.7. The lowest BCUT2D eigenvalue weighted by Crippen LogP contribution is -2.26. The number of rotatable bonds is 4. The summed E-state index contributed by atoms with van der Waals surface area (Å²) < 4.78 is 13.6. The molecule has 0 atom stereocenters. The molecule has 1 amide bonds. The maximum Gasteiger partial charge on any atom is 0.253 e. The number of nitrogens with two attached hydrogens (primary N) is 1. The van der Waals surface area contributed by atoms with Gasteiger partial charge in [-0.25, -0.2) is 4.39 Å². The molecule has 3 N–H and O–H groups in total. The van der Waals surface area contributed by atoms with E-state index in [-0.39, 0.29) is 11.7 Å². The van der Waals surface area contributed by atoms with Crippen LogP contribution in [0.25, 0.3) is 0 Å². The van der Waals surface area contributed by atoms with Crippen molar-refractivity contribution in [3.05, 3.63) is 63.9 Å². The maximum atomic E-state index is 12.7. The molecule has 5 heteroatoms. The van der Waals surface area contributed by atoms with Gasteiger partial charge < -0.3 is 11.1 Å². The van der Waals surface area contributed by atoms with Crippen molar-refractivity contribution in [3.8, 4) is 0 Å². The van der Waals surface area contributed by atoms with E-state index >= 15 is 0 Å². The Morgan fingerprint density at radius 2 is 1.90 bits per heavy atom. The Bertz CT molecular complexity index is 614. The van der Waals surface area contributed by atoms with E-state index in [0.29, 0.717) is 24.2 Å². The average Bonchev–Trinajstić information content (AvgIpc) is 2.41. The number of amides is 1. The van der Waals surface area contributed by atoms with Gasteiger partial charge in [0.25, 0.3) is 5.91 Å². The fourth-order valence-corrected chi connectivity index (χ4v) is 2.19. The van der Waals surface area contributed by atoms with Crippen LogP contribution in [0.2, 0.25) is 0 Å². The van der Waals surface area contributed by atoms with Gasteiger partial charge in [0.1, 0.15) is 5.82 Å². The van der Waals surface area contributed by atoms with Crippen LogP contribution in [0.1, 0.15) is 15.9 Å². The lowest BCUT2D eigenvalue weighted by molar-refractivity contribution is 0.0955. The van der Waals surface area contributed by atoms with E-state index < -0.39 is 0 Å². The third-order valence-electron chi connectivity index (χ3n) is 2.87. The van der Waals surface area contributed by atoms with Crippen LogP contribution in [-0.4, -0.2) is 12.5 Å². The van der Waals surface area contributed by atoms with Crippen LogP contribution in [0.5, 0.6) is 0 Å². The number of benzene rings is 2. The fourth-order valence-electron chi connectivity index (χ4n) is 1.81. The van der Waals surface area contributed by atoms with Crippen molar-refractivity contribution in [2.45, 2.75) is 6.42 Å². The minimum Gasteiger partial charge on any atom is -0.398 e. The summed E-state index contributed by atoms with van der Waals surface area (Å²) in [6.07, 6.45) is 0.641. The molecule has 0 aliphatic carbocycles. The Labute approximate surface area is 125 Å². The molecular formula is C15H14BrFN2O. The zero-order valence-electron chi connectivity index (χ0n) is 10.7. The predicted octanol–water partition coefficient (Wildman–Crippen LogP) is 3.14. The first-order chi connectivity index (χ1) is 9.56. The molecule has 20 heavy (non-hydrogen) atoms. The van der Waals surface area contributed by atoms with Crippen molar-refractivity contribution >= 4 is 27.5 Å². The van der Waals surface area contributed by atoms with Crippen molar-refractivity contribution in [3.63, 3.8) is 0 Å². The summed E-state index contributed by atoms with van der Waals surface area (Å²) in [4.78, 5) is 12.0. The van der Waals surface area contributed by atoms with E-state index in [2.05, 4.69) is 21.2 Å². The van der Waals surface area contributed by atoms with Crippen LogP contribution in [0.15, 0.2) is 46.9 Å². The summed E-state index contributed by atoms with van der Waals surface area (Å²) in [5.74, 6) is -0.475. The van der Waals surface area contributed by atoms with Crippen LogP contribution < -0.4 is 11.1 Å². The third-order valence-corrected chi connectivity index (χ3v) is 3.36. The van der Waals surface area contributed by atoms with Crippen molar-refractivity contribution in [2.24, 2.45) is 0 Å². The molecule has 0 heterocycles. The normalized spacial score (nSPS) is 10.3. The summed E-state index contributed by atoms with van der Waals surface area (Å²) >= 11 is 3.29. The van der Waals surface area contributed by atoms with E-state index in [0.717, 1.165) is 10.0 Å². The first-order valence-corrected chi connectivity index (χ1v) is 6.93. The van der Waals surface area contributed by atoms with E-state index in [1.54, 1.807) is 30.3 Å². The van der Waals surface area contributed by atoms with Crippen LogP contribution in [0.3, 0.4) is 0 Å². The van der Waals surface area contributed by atoms with Crippen LogP contribution in [0.4, 0.5) is 10.1 Å². The Morgan fingerprint density at radius 3 is 2.55 bits per heavy atom. The summed E-state index contributed by atoms with van der Waals surface area (Å²) in [6.45, 7) is 0.472. The van der Waals surface area contributed by atoms with Crippen LogP contribution >= 0.6 is 15.9 Å². The molecule has 3 nitrogen and oxygen atoms in total. The van der Waals surface area contributed by atoms with Gasteiger partial charge in [0.2, 0.25) is 0 Å². The molecule has 0 bridgehead atoms. The minimum absolute atomic E-state index is 0.211. The number of nitrogens with one attached hydrogen (secondary N) is 1. The van der Waals surface area contributed by atoms with Gasteiger partial charge in [-0.2, -0.15) is 0 Å². The number of carbonyl (C=O) groups excluding carboxylic acids is 1. The van der Waals surface area contributed by atoms with Crippen LogP contribution in [0, 0.1) is 5.82 Å². The third kappa shape index (κ3) is 3.81. The SMILES string of the molecule is Nc1cc(Br)ccc1C(=O)NCCc1ccc(F)cc1. The lowest BCUT2D eigenvalue weighted by Gasteiger charge is -2.08. The number of halogens is 2. The highest BCUT2D eigenvalue weighted by molar-refractivity contribution is 9.10. The molecule has 0 fully saturated rings. The monoisotopic (exact) mass is 336 g/mol. The van der Waals surface area contributed by atoms with Crippen molar-refractivity contribution in [1.29, 1.82) is 0 Å². The molecule has 0 aliphatic rings. The van der Waals surface area contributed by atoms with Crippen LogP contribution in [-0.2, 0) is 6.42 Å². The molecule has 0 aromatic heterocycles. The zero-order valence-corrected chi connectivity index (χ0v) is 12.3. The summed E-state index contributed by atoms with van der Waals surface area (Å²) in [5.41, 5.74) is 7.64. The van der Waals surface area contributed by atoms with E-state index in [4.69, 9.17) is 5.73 Å². The Hall–Kier alpha value is -1.88. The number of hydrogen-bond acceptors (Lipinski definition) is 2. The topological polar surface area (TPSA) is 55.1 Å². The Morgan fingerprint density at radius 1 is 1.20 bits per heavy atom. The first-order valence-electron chi connectivity index (χ1n) is 6.14. The van der Waals surface area contributed by atoms with Gasteiger partial charge in [-0.05, 0) is 42.3 Å². The van der Waals surface area contributed by atoms with Crippen molar-refractivity contribution in [1.82, 2.24) is 5.32 Å². The summed E-state index contributed by atoms with van der Waals surface area (Å²) in [6, 6.07) is 11.4. The molecule has 0 saturated carbocycles.